The highest BCUT2D eigenvalue weighted by molar-refractivity contribution is 6.18. The molecule has 0 N–H and O–H groups in total. The summed E-state index contributed by atoms with van der Waals surface area (Å²) in [6.07, 6.45) is 0.738. The molecule has 1 aromatic heterocycles. The number of imidazole rings is 1. The molecular formula is C29H22N2. The van der Waals surface area contributed by atoms with Crippen LogP contribution in [0.3, 0.4) is 0 Å². The molecule has 0 spiro atoms. The van der Waals surface area contributed by atoms with Crippen molar-refractivity contribution < 1.29 is 6.85 Å². The first-order valence-electron chi connectivity index (χ1n) is 12.9. The van der Waals surface area contributed by atoms with Crippen LogP contribution in [0, 0.1) is 0 Å². The Morgan fingerprint density at radius 1 is 0.742 bits per heavy atom. The van der Waals surface area contributed by atoms with Gasteiger partial charge in [-0.3, -0.25) is 4.57 Å². The minimum absolute atomic E-state index is 0.202. The first-order valence-corrected chi connectivity index (χ1v) is 10.4. The van der Waals surface area contributed by atoms with Crippen LogP contribution in [0.5, 0.6) is 0 Å². The van der Waals surface area contributed by atoms with E-state index in [-0.39, 0.29) is 29.7 Å². The van der Waals surface area contributed by atoms with E-state index < -0.39 is 6.04 Å². The zero-order chi connectivity index (χ0) is 25.1. The number of aryl methyl sites for hydroxylation is 1. The fourth-order valence-corrected chi connectivity index (χ4v) is 4.55. The Kier molecular flexibility index (Phi) is 3.07. The van der Waals surface area contributed by atoms with Crippen molar-refractivity contribution in [2.24, 2.45) is 0 Å². The SMILES string of the molecule is [2H]c1c([2H])c([2H])c(-c2c3ccccc3c(-n3c(CC)nc4ccccc43)c3ccccc23)c([2H])c1[2H]. The summed E-state index contributed by atoms with van der Waals surface area (Å²) in [6, 6.07) is 22.4. The van der Waals surface area contributed by atoms with Crippen LogP contribution in [0.15, 0.2) is 103 Å². The van der Waals surface area contributed by atoms with E-state index in [0.717, 1.165) is 50.5 Å². The van der Waals surface area contributed by atoms with E-state index in [1.165, 1.54) is 0 Å². The standard InChI is InChI=1S/C29H22N2/c1-2-27-30-25-18-10-11-19-26(25)31(27)29-23-16-8-6-14-21(23)28(20-12-4-3-5-13-20)22-15-7-9-17-24(22)29/h3-19H,2H2,1H3/i3D,4D,5D,12D,13D. The Labute approximate surface area is 188 Å². The van der Waals surface area contributed by atoms with E-state index in [2.05, 4.69) is 17.6 Å². The molecule has 2 heteroatoms. The number of nitrogens with zero attached hydrogens (tertiary/aromatic N) is 2. The first-order chi connectivity index (χ1) is 17.4. The lowest BCUT2D eigenvalue weighted by Gasteiger charge is -2.19. The van der Waals surface area contributed by atoms with Gasteiger partial charge in [-0.2, -0.15) is 0 Å². The monoisotopic (exact) mass is 403 g/mol. The maximum Gasteiger partial charge on any atom is 0.114 e. The highest BCUT2D eigenvalue weighted by Crippen LogP contribution is 2.42. The molecule has 0 amide bonds. The molecule has 0 radical (unpaired) electrons. The van der Waals surface area contributed by atoms with E-state index in [0.29, 0.717) is 5.56 Å². The van der Waals surface area contributed by atoms with Gasteiger partial charge in [0.1, 0.15) is 5.82 Å². The summed E-state index contributed by atoms with van der Waals surface area (Å²) in [6.45, 7) is 2.09. The van der Waals surface area contributed by atoms with E-state index in [1.807, 2.05) is 66.7 Å². The van der Waals surface area contributed by atoms with Crippen LogP contribution >= 0.6 is 0 Å². The van der Waals surface area contributed by atoms with Crippen molar-refractivity contribution in [3.63, 3.8) is 0 Å². The predicted molar refractivity (Wildman–Crippen MR) is 131 cm³/mol. The first kappa shape index (κ1) is 13.4. The second kappa shape index (κ2) is 7.10. The van der Waals surface area contributed by atoms with Crippen LogP contribution in [0.4, 0.5) is 0 Å². The summed E-state index contributed by atoms with van der Waals surface area (Å²) in [7, 11) is 0. The number of fused-ring (bicyclic) bond motifs is 3. The maximum absolute atomic E-state index is 8.70. The molecule has 0 saturated carbocycles. The van der Waals surface area contributed by atoms with Gasteiger partial charge in [-0.1, -0.05) is 97.8 Å². The quantitative estimate of drug-likeness (QED) is 0.279. The molecule has 0 aliphatic carbocycles. The third-order valence-corrected chi connectivity index (χ3v) is 5.82. The van der Waals surface area contributed by atoms with Crippen LogP contribution in [0.1, 0.15) is 19.6 Å². The molecule has 0 fully saturated rings. The van der Waals surface area contributed by atoms with Crippen molar-refractivity contribution >= 4 is 32.6 Å². The molecule has 0 unspecified atom stereocenters. The number of para-hydroxylation sites is 2. The lowest BCUT2D eigenvalue weighted by molar-refractivity contribution is 0.917. The molecule has 6 aromatic rings. The van der Waals surface area contributed by atoms with Crippen LogP contribution < -0.4 is 0 Å². The molecule has 5 aromatic carbocycles. The van der Waals surface area contributed by atoms with Gasteiger partial charge in [-0.05, 0) is 34.0 Å². The Bertz CT molecular complexity index is 1750. The molecule has 0 saturated heterocycles. The van der Waals surface area contributed by atoms with Gasteiger partial charge in [0.05, 0.1) is 23.6 Å². The van der Waals surface area contributed by atoms with Crippen molar-refractivity contribution in [2.75, 3.05) is 0 Å². The van der Waals surface area contributed by atoms with Gasteiger partial charge in [-0.15, -0.1) is 0 Å². The minimum Gasteiger partial charge on any atom is -0.295 e. The molecule has 0 aliphatic rings. The Hall–Kier alpha value is -3.91. The Morgan fingerprint density at radius 3 is 1.97 bits per heavy atom. The van der Waals surface area contributed by atoms with Crippen molar-refractivity contribution in [3.8, 4) is 16.8 Å². The molecule has 6 rings (SSSR count). The second-order valence-electron chi connectivity index (χ2n) is 7.52. The molecule has 2 nitrogen and oxygen atoms in total. The van der Waals surface area contributed by atoms with Crippen LogP contribution in [0.2, 0.25) is 0 Å². The number of rotatable bonds is 3. The summed E-state index contributed by atoms with van der Waals surface area (Å²) in [5.41, 5.74) is 3.75. The summed E-state index contributed by atoms with van der Waals surface area (Å²) in [4.78, 5) is 4.90. The van der Waals surface area contributed by atoms with Gasteiger partial charge in [0, 0.05) is 17.2 Å². The van der Waals surface area contributed by atoms with Crippen molar-refractivity contribution in [3.05, 3.63) is 109 Å². The van der Waals surface area contributed by atoms with Crippen LogP contribution in [-0.2, 0) is 6.42 Å². The van der Waals surface area contributed by atoms with Crippen molar-refractivity contribution in [2.45, 2.75) is 13.3 Å². The van der Waals surface area contributed by atoms with Gasteiger partial charge in [-0.25, -0.2) is 4.98 Å². The largest absolute Gasteiger partial charge is 0.295 e. The molecule has 31 heavy (non-hydrogen) atoms. The molecule has 0 bridgehead atoms. The second-order valence-corrected chi connectivity index (χ2v) is 7.52. The minimum atomic E-state index is -0.392. The highest BCUT2D eigenvalue weighted by atomic mass is 15.1. The topological polar surface area (TPSA) is 17.8 Å². The Morgan fingerprint density at radius 2 is 1.32 bits per heavy atom. The summed E-state index contributed by atoms with van der Waals surface area (Å²) < 4.78 is 44.2. The molecule has 148 valence electrons. The average Bonchev–Trinajstić information content (AvgIpc) is 3.29. The highest BCUT2D eigenvalue weighted by Gasteiger charge is 2.19. The number of hydrogen-bond donors (Lipinski definition) is 0. The fourth-order valence-electron chi connectivity index (χ4n) is 4.55. The van der Waals surface area contributed by atoms with E-state index in [1.54, 1.807) is 0 Å². The molecule has 1 heterocycles. The smallest absolute Gasteiger partial charge is 0.114 e. The van der Waals surface area contributed by atoms with Gasteiger partial charge in [0.2, 0.25) is 0 Å². The van der Waals surface area contributed by atoms with Crippen LogP contribution in [0.25, 0.3) is 49.4 Å². The molecular weight excluding hydrogens is 376 g/mol. The third-order valence-electron chi connectivity index (χ3n) is 5.82. The summed E-state index contributed by atoms with van der Waals surface area (Å²) in [5, 5.41) is 3.50. The summed E-state index contributed by atoms with van der Waals surface area (Å²) in [5.74, 6) is 0.932. The normalized spacial score (nSPS) is 13.8. The van der Waals surface area contributed by atoms with Crippen molar-refractivity contribution in [1.82, 2.24) is 9.55 Å². The number of aromatic nitrogens is 2. The fraction of sp³-hybridized carbons (Fsp3) is 0.0690. The molecule has 0 aliphatic heterocycles. The lowest BCUT2D eigenvalue weighted by atomic mass is 9.90. The van der Waals surface area contributed by atoms with Gasteiger partial charge < -0.3 is 0 Å². The van der Waals surface area contributed by atoms with E-state index in [9.17, 15) is 0 Å². The van der Waals surface area contributed by atoms with E-state index >= 15 is 0 Å². The van der Waals surface area contributed by atoms with E-state index in [4.69, 9.17) is 11.8 Å². The van der Waals surface area contributed by atoms with Gasteiger partial charge >= 0.3 is 0 Å². The lowest BCUT2D eigenvalue weighted by Crippen LogP contribution is -2.03. The maximum atomic E-state index is 8.70. The van der Waals surface area contributed by atoms with Crippen molar-refractivity contribution in [1.29, 1.82) is 0 Å². The molecule has 0 atom stereocenters. The zero-order valence-corrected chi connectivity index (χ0v) is 17.0. The van der Waals surface area contributed by atoms with Gasteiger partial charge in [0.15, 0.2) is 0 Å². The number of benzene rings is 5. The van der Waals surface area contributed by atoms with Gasteiger partial charge in [0.25, 0.3) is 0 Å². The average molecular weight is 404 g/mol. The number of hydrogen-bond acceptors (Lipinski definition) is 1. The summed E-state index contributed by atoms with van der Waals surface area (Å²) >= 11 is 0. The Balaban J connectivity index is 1.87. The van der Waals surface area contributed by atoms with Crippen LogP contribution in [-0.4, -0.2) is 9.55 Å². The predicted octanol–water partition coefficient (Wildman–Crippen LogP) is 7.56. The zero-order valence-electron chi connectivity index (χ0n) is 22.0. The third kappa shape index (κ3) is 2.69.